The predicted molar refractivity (Wildman–Crippen MR) is 80.6 cm³/mol. The molecule has 2 N–H and O–H groups in total. The average molecular weight is 282 g/mol. The van der Waals surface area contributed by atoms with Crippen molar-refractivity contribution in [2.45, 2.75) is 58.0 Å². The van der Waals surface area contributed by atoms with Gasteiger partial charge in [0.25, 0.3) is 0 Å². The van der Waals surface area contributed by atoms with Crippen LogP contribution in [0.2, 0.25) is 5.02 Å². The molecular weight excluding hydrogens is 258 g/mol. The van der Waals surface area contributed by atoms with Gasteiger partial charge in [0.1, 0.15) is 5.75 Å². The smallest absolute Gasteiger partial charge is 0.121 e. The molecule has 3 heteroatoms. The van der Waals surface area contributed by atoms with E-state index >= 15 is 0 Å². The van der Waals surface area contributed by atoms with Crippen LogP contribution in [0.25, 0.3) is 0 Å². The topological polar surface area (TPSA) is 32.3 Å². The minimum absolute atomic E-state index is 0.291. The van der Waals surface area contributed by atoms with Gasteiger partial charge in [0.15, 0.2) is 0 Å². The Bertz CT molecular complexity index is 379. The van der Waals surface area contributed by atoms with E-state index in [1.807, 2.05) is 6.07 Å². The number of hydrogen-bond donors (Lipinski definition) is 2. The van der Waals surface area contributed by atoms with Gasteiger partial charge in [-0.05, 0) is 43.7 Å². The second-order valence-corrected chi connectivity index (χ2v) is 6.03. The number of benzene rings is 1. The number of nitrogens with one attached hydrogen (secondary N) is 1. The highest BCUT2D eigenvalue weighted by atomic mass is 35.5. The molecule has 19 heavy (non-hydrogen) atoms. The molecule has 0 radical (unpaired) electrons. The Morgan fingerprint density at radius 3 is 2.63 bits per heavy atom. The first-order valence-corrected chi connectivity index (χ1v) is 7.78. The standard InChI is InChI=1S/C16H24ClNO/c1-2-4-12-7-9-13(10-8-12)18-11-14-15(17)5-3-6-16(14)19/h3,5-6,12-13,18-19H,2,4,7-11H2,1H3. The number of halogens is 1. The van der Waals surface area contributed by atoms with E-state index in [-0.39, 0.29) is 0 Å². The molecule has 0 unspecified atom stereocenters. The van der Waals surface area contributed by atoms with E-state index in [9.17, 15) is 5.11 Å². The average Bonchev–Trinajstić information content (AvgIpc) is 2.40. The van der Waals surface area contributed by atoms with Crippen LogP contribution in [-0.2, 0) is 6.54 Å². The summed E-state index contributed by atoms with van der Waals surface area (Å²) in [6.45, 7) is 2.93. The lowest BCUT2D eigenvalue weighted by Crippen LogP contribution is -2.32. The molecule has 0 heterocycles. The quantitative estimate of drug-likeness (QED) is 0.833. The fourth-order valence-corrected chi connectivity index (χ4v) is 3.27. The molecule has 1 aliphatic carbocycles. The molecule has 1 aromatic carbocycles. The molecule has 0 aromatic heterocycles. The van der Waals surface area contributed by atoms with E-state index < -0.39 is 0 Å². The van der Waals surface area contributed by atoms with Gasteiger partial charge in [-0.25, -0.2) is 0 Å². The van der Waals surface area contributed by atoms with Crippen molar-refractivity contribution in [1.82, 2.24) is 5.32 Å². The van der Waals surface area contributed by atoms with Crippen molar-refractivity contribution in [3.8, 4) is 5.75 Å². The third-order valence-electron chi connectivity index (χ3n) is 4.21. The predicted octanol–water partition coefficient (Wildman–Crippen LogP) is 4.49. The maximum Gasteiger partial charge on any atom is 0.121 e. The summed E-state index contributed by atoms with van der Waals surface area (Å²) in [5.74, 6) is 1.22. The Labute approximate surface area is 121 Å². The van der Waals surface area contributed by atoms with E-state index in [1.54, 1.807) is 12.1 Å². The molecule has 2 rings (SSSR count). The van der Waals surface area contributed by atoms with Crippen molar-refractivity contribution < 1.29 is 5.11 Å². The number of phenolic OH excluding ortho intramolecular Hbond substituents is 1. The van der Waals surface area contributed by atoms with Crippen LogP contribution in [-0.4, -0.2) is 11.1 Å². The van der Waals surface area contributed by atoms with Crippen molar-refractivity contribution in [1.29, 1.82) is 0 Å². The van der Waals surface area contributed by atoms with E-state index in [4.69, 9.17) is 11.6 Å². The molecule has 0 bridgehead atoms. The van der Waals surface area contributed by atoms with Crippen molar-refractivity contribution >= 4 is 11.6 Å². The van der Waals surface area contributed by atoms with Crippen LogP contribution in [0.1, 0.15) is 51.0 Å². The van der Waals surface area contributed by atoms with Crippen molar-refractivity contribution in [2.24, 2.45) is 5.92 Å². The highest BCUT2D eigenvalue weighted by molar-refractivity contribution is 6.31. The lowest BCUT2D eigenvalue weighted by Gasteiger charge is -2.29. The molecular formula is C16H24ClNO. The largest absolute Gasteiger partial charge is 0.508 e. The Hall–Kier alpha value is -0.730. The van der Waals surface area contributed by atoms with Crippen LogP contribution in [0, 0.1) is 5.92 Å². The highest BCUT2D eigenvalue weighted by Crippen LogP contribution is 2.29. The number of rotatable bonds is 5. The van der Waals surface area contributed by atoms with Gasteiger partial charge >= 0.3 is 0 Å². The van der Waals surface area contributed by atoms with Gasteiger partial charge < -0.3 is 10.4 Å². The first-order valence-electron chi connectivity index (χ1n) is 7.40. The second-order valence-electron chi connectivity index (χ2n) is 5.62. The number of phenols is 1. The van der Waals surface area contributed by atoms with Gasteiger partial charge in [0.2, 0.25) is 0 Å². The van der Waals surface area contributed by atoms with E-state index in [2.05, 4.69) is 12.2 Å². The van der Waals surface area contributed by atoms with Crippen LogP contribution in [0.5, 0.6) is 5.75 Å². The summed E-state index contributed by atoms with van der Waals surface area (Å²) >= 11 is 6.11. The van der Waals surface area contributed by atoms with Crippen molar-refractivity contribution in [3.63, 3.8) is 0 Å². The first-order chi connectivity index (χ1) is 9.20. The summed E-state index contributed by atoms with van der Waals surface area (Å²) in [6.07, 6.45) is 7.83. The van der Waals surface area contributed by atoms with Crippen molar-refractivity contribution in [2.75, 3.05) is 0 Å². The van der Waals surface area contributed by atoms with E-state index in [0.29, 0.717) is 23.4 Å². The van der Waals surface area contributed by atoms with Crippen LogP contribution in [0.15, 0.2) is 18.2 Å². The first kappa shape index (κ1) is 14.7. The third-order valence-corrected chi connectivity index (χ3v) is 4.56. The summed E-state index contributed by atoms with van der Waals surface area (Å²) in [6, 6.07) is 5.87. The molecule has 106 valence electrons. The second kappa shape index (κ2) is 7.16. The molecule has 0 amide bonds. The molecule has 0 atom stereocenters. The maximum absolute atomic E-state index is 9.81. The number of aromatic hydroxyl groups is 1. The van der Waals surface area contributed by atoms with Crippen LogP contribution in [0.4, 0.5) is 0 Å². The molecule has 0 aliphatic heterocycles. The summed E-state index contributed by atoms with van der Waals surface area (Å²) in [4.78, 5) is 0. The SMILES string of the molecule is CCCC1CCC(NCc2c(O)cccc2Cl)CC1. The van der Waals surface area contributed by atoms with Crippen LogP contribution in [0.3, 0.4) is 0 Å². The van der Waals surface area contributed by atoms with Gasteiger partial charge in [-0.15, -0.1) is 0 Å². The third kappa shape index (κ3) is 4.12. The molecule has 0 spiro atoms. The molecule has 2 nitrogen and oxygen atoms in total. The van der Waals surface area contributed by atoms with E-state index in [1.165, 1.54) is 38.5 Å². The van der Waals surface area contributed by atoms with Crippen molar-refractivity contribution in [3.05, 3.63) is 28.8 Å². The lowest BCUT2D eigenvalue weighted by atomic mass is 9.83. The fraction of sp³-hybridized carbons (Fsp3) is 0.625. The fourth-order valence-electron chi connectivity index (χ4n) is 3.03. The van der Waals surface area contributed by atoms with Crippen LogP contribution < -0.4 is 5.32 Å². The molecule has 0 saturated heterocycles. The summed E-state index contributed by atoms with van der Waals surface area (Å²) < 4.78 is 0. The minimum atomic E-state index is 0.291. The van der Waals surface area contributed by atoms with Gasteiger partial charge in [0, 0.05) is 23.2 Å². The molecule has 1 aliphatic rings. The minimum Gasteiger partial charge on any atom is -0.508 e. The Balaban J connectivity index is 1.81. The summed E-state index contributed by atoms with van der Waals surface area (Å²) in [7, 11) is 0. The Kier molecular flexibility index (Phi) is 5.53. The van der Waals surface area contributed by atoms with Gasteiger partial charge in [-0.3, -0.25) is 0 Å². The monoisotopic (exact) mass is 281 g/mol. The van der Waals surface area contributed by atoms with Gasteiger partial charge in [-0.2, -0.15) is 0 Å². The zero-order valence-electron chi connectivity index (χ0n) is 11.7. The van der Waals surface area contributed by atoms with Gasteiger partial charge in [0.05, 0.1) is 0 Å². The Morgan fingerprint density at radius 1 is 1.26 bits per heavy atom. The highest BCUT2D eigenvalue weighted by Gasteiger charge is 2.20. The Morgan fingerprint density at radius 2 is 2.00 bits per heavy atom. The lowest BCUT2D eigenvalue weighted by molar-refractivity contribution is 0.277. The molecule has 1 saturated carbocycles. The summed E-state index contributed by atoms with van der Waals surface area (Å²) in [5, 5.41) is 14.0. The van der Waals surface area contributed by atoms with Gasteiger partial charge in [-0.1, -0.05) is 37.4 Å². The van der Waals surface area contributed by atoms with Crippen LogP contribution >= 0.6 is 11.6 Å². The molecule has 1 fully saturated rings. The normalized spacial score (nSPS) is 23.5. The zero-order valence-corrected chi connectivity index (χ0v) is 12.4. The molecule has 1 aromatic rings. The van der Waals surface area contributed by atoms with E-state index in [0.717, 1.165) is 11.5 Å². The summed E-state index contributed by atoms with van der Waals surface area (Å²) in [5.41, 5.74) is 0.819. The zero-order chi connectivity index (χ0) is 13.7. The number of hydrogen-bond acceptors (Lipinski definition) is 2. The maximum atomic E-state index is 9.81.